The normalized spacial score (nSPS) is 18.4. The summed E-state index contributed by atoms with van der Waals surface area (Å²) in [5, 5.41) is 12.3. The lowest BCUT2D eigenvalue weighted by Gasteiger charge is -2.24. The van der Waals surface area contributed by atoms with Gasteiger partial charge in [-0.2, -0.15) is 0 Å². The predicted octanol–water partition coefficient (Wildman–Crippen LogP) is 2.90. The molecule has 4 nitrogen and oxygen atoms in total. The van der Waals surface area contributed by atoms with E-state index in [9.17, 15) is 14.7 Å². The number of amides is 1. The molecule has 2 rings (SSSR count). The number of benzene rings is 1. The molecule has 20 heavy (non-hydrogen) atoms. The molecule has 1 atom stereocenters. The Kier molecular flexibility index (Phi) is 4.42. The average molecular weight is 275 g/mol. The molecule has 0 saturated heterocycles. The summed E-state index contributed by atoms with van der Waals surface area (Å²) in [5.41, 5.74) is 0.178. The van der Waals surface area contributed by atoms with Crippen molar-refractivity contribution in [1.29, 1.82) is 0 Å². The molecule has 0 bridgehead atoms. The summed E-state index contributed by atoms with van der Waals surface area (Å²) in [7, 11) is 0. The van der Waals surface area contributed by atoms with E-state index in [2.05, 4.69) is 5.32 Å². The van der Waals surface area contributed by atoms with Crippen LogP contribution >= 0.6 is 0 Å². The zero-order valence-electron chi connectivity index (χ0n) is 11.8. The van der Waals surface area contributed by atoms with Gasteiger partial charge >= 0.3 is 5.97 Å². The highest BCUT2D eigenvalue weighted by Gasteiger charge is 2.43. The molecule has 1 aromatic rings. The van der Waals surface area contributed by atoms with Gasteiger partial charge in [0, 0.05) is 6.42 Å². The van der Waals surface area contributed by atoms with Crippen LogP contribution < -0.4 is 5.32 Å². The van der Waals surface area contributed by atoms with Crippen LogP contribution in [0.15, 0.2) is 30.3 Å². The highest BCUT2D eigenvalue weighted by atomic mass is 16.4. The third-order valence-electron chi connectivity index (χ3n) is 4.19. The highest BCUT2D eigenvalue weighted by molar-refractivity contribution is 5.85. The summed E-state index contributed by atoms with van der Waals surface area (Å²) in [6.45, 7) is 1.91. The first-order valence-corrected chi connectivity index (χ1v) is 7.11. The molecule has 2 N–H and O–H groups in total. The fourth-order valence-corrected chi connectivity index (χ4v) is 2.94. The number of nitrogens with one attached hydrogen (secondary N) is 1. The highest BCUT2D eigenvalue weighted by Crippen LogP contribution is 2.41. The van der Waals surface area contributed by atoms with Gasteiger partial charge in [0.1, 0.15) is 0 Å². The molecule has 0 aromatic heterocycles. The molecule has 1 aliphatic carbocycles. The summed E-state index contributed by atoms with van der Waals surface area (Å²) >= 11 is 0. The second-order valence-corrected chi connectivity index (χ2v) is 5.67. The Morgan fingerprint density at radius 2 is 1.85 bits per heavy atom. The maximum atomic E-state index is 12.1. The lowest BCUT2D eigenvalue weighted by Crippen LogP contribution is -2.36. The van der Waals surface area contributed by atoms with Crippen LogP contribution in [0.5, 0.6) is 0 Å². The fourth-order valence-electron chi connectivity index (χ4n) is 2.94. The van der Waals surface area contributed by atoms with Crippen LogP contribution in [0.2, 0.25) is 0 Å². The Morgan fingerprint density at radius 1 is 1.25 bits per heavy atom. The molecule has 0 radical (unpaired) electrons. The van der Waals surface area contributed by atoms with E-state index in [0.29, 0.717) is 12.8 Å². The van der Waals surface area contributed by atoms with Gasteiger partial charge in [-0.15, -0.1) is 0 Å². The van der Waals surface area contributed by atoms with Crippen LogP contribution in [0.3, 0.4) is 0 Å². The van der Waals surface area contributed by atoms with Crippen LogP contribution in [-0.4, -0.2) is 17.0 Å². The van der Waals surface area contributed by atoms with Gasteiger partial charge in [-0.3, -0.25) is 9.59 Å². The maximum Gasteiger partial charge on any atom is 0.310 e. The van der Waals surface area contributed by atoms with Crippen molar-refractivity contribution in [3.8, 4) is 0 Å². The van der Waals surface area contributed by atoms with Gasteiger partial charge in [-0.1, -0.05) is 43.2 Å². The van der Waals surface area contributed by atoms with E-state index in [1.54, 1.807) is 0 Å². The number of carbonyl (C=O) groups excluding carboxylic acids is 1. The van der Waals surface area contributed by atoms with Crippen molar-refractivity contribution in [2.45, 2.75) is 45.1 Å². The van der Waals surface area contributed by atoms with Crippen molar-refractivity contribution in [2.75, 3.05) is 0 Å². The van der Waals surface area contributed by atoms with Gasteiger partial charge in [0.15, 0.2) is 0 Å². The third kappa shape index (κ3) is 3.18. The van der Waals surface area contributed by atoms with Gasteiger partial charge < -0.3 is 10.4 Å². The average Bonchev–Trinajstić information content (AvgIpc) is 2.89. The molecular formula is C16H21NO3. The van der Waals surface area contributed by atoms with E-state index in [1.807, 2.05) is 37.3 Å². The Bertz CT molecular complexity index is 478. The zero-order valence-corrected chi connectivity index (χ0v) is 11.8. The van der Waals surface area contributed by atoms with Crippen molar-refractivity contribution in [2.24, 2.45) is 5.41 Å². The van der Waals surface area contributed by atoms with Crippen molar-refractivity contribution in [3.63, 3.8) is 0 Å². The molecule has 1 saturated carbocycles. The van der Waals surface area contributed by atoms with E-state index < -0.39 is 11.4 Å². The summed E-state index contributed by atoms with van der Waals surface area (Å²) < 4.78 is 0. The number of hydrogen-bond donors (Lipinski definition) is 2. The molecule has 108 valence electrons. The van der Waals surface area contributed by atoms with E-state index >= 15 is 0 Å². The number of carboxylic acids is 1. The molecule has 0 spiro atoms. The minimum atomic E-state index is -0.847. The summed E-state index contributed by atoms with van der Waals surface area (Å²) in [6.07, 6.45) is 3.09. The second kappa shape index (κ2) is 6.07. The quantitative estimate of drug-likeness (QED) is 0.868. The first kappa shape index (κ1) is 14.6. The second-order valence-electron chi connectivity index (χ2n) is 5.67. The molecule has 0 heterocycles. The molecule has 1 aromatic carbocycles. The standard InChI is InChI=1S/C16H21NO3/c1-12(13-7-3-2-4-8-13)17-14(18)11-16(15(19)20)9-5-6-10-16/h2-4,7-8,12H,5-6,9-11H2,1H3,(H,17,18)(H,19,20)/t12-/m1/s1. The number of hydrogen-bond acceptors (Lipinski definition) is 2. The number of carbonyl (C=O) groups is 2. The summed E-state index contributed by atoms with van der Waals surface area (Å²) in [6, 6.07) is 9.58. The van der Waals surface area contributed by atoms with E-state index in [4.69, 9.17) is 0 Å². The first-order valence-electron chi connectivity index (χ1n) is 7.11. The summed E-state index contributed by atoms with van der Waals surface area (Å²) in [4.78, 5) is 23.6. The van der Waals surface area contributed by atoms with E-state index in [1.165, 1.54) is 0 Å². The smallest absolute Gasteiger partial charge is 0.310 e. The Hall–Kier alpha value is -1.84. The fraction of sp³-hybridized carbons (Fsp3) is 0.500. The Morgan fingerprint density at radius 3 is 2.40 bits per heavy atom. The Labute approximate surface area is 119 Å². The van der Waals surface area contributed by atoms with Crippen LogP contribution in [0.25, 0.3) is 0 Å². The van der Waals surface area contributed by atoms with E-state index in [0.717, 1.165) is 18.4 Å². The molecule has 1 amide bonds. The minimum absolute atomic E-state index is 0.0828. The number of aliphatic carboxylic acids is 1. The van der Waals surface area contributed by atoms with Gasteiger partial charge in [0.25, 0.3) is 0 Å². The summed E-state index contributed by atoms with van der Waals surface area (Å²) in [5.74, 6) is -1.01. The largest absolute Gasteiger partial charge is 0.481 e. The van der Waals surface area contributed by atoms with Crippen LogP contribution in [0.1, 0.15) is 50.6 Å². The maximum absolute atomic E-state index is 12.1. The van der Waals surface area contributed by atoms with Gasteiger partial charge in [-0.05, 0) is 25.3 Å². The van der Waals surface area contributed by atoms with Gasteiger partial charge in [-0.25, -0.2) is 0 Å². The topological polar surface area (TPSA) is 66.4 Å². The lowest BCUT2D eigenvalue weighted by molar-refractivity contribution is -0.151. The molecule has 1 aliphatic rings. The molecule has 0 aliphatic heterocycles. The van der Waals surface area contributed by atoms with Crippen molar-refractivity contribution < 1.29 is 14.7 Å². The van der Waals surface area contributed by atoms with E-state index in [-0.39, 0.29) is 18.4 Å². The van der Waals surface area contributed by atoms with Crippen molar-refractivity contribution in [3.05, 3.63) is 35.9 Å². The van der Waals surface area contributed by atoms with Gasteiger partial charge in [0.2, 0.25) is 5.91 Å². The molecule has 1 fully saturated rings. The third-order valence-corrected chi connectivity index (χ3v) is 4.19. The van der Waals surface area contributed by atoms with Crippen LogP contribution in [0, 0.1) is 5.41 Å². The molecule has 0 unspecified atom stereocenters. The van der Waals surface area contributed by atoms with Crippen LogP contribution in [0.4, 0.5) is 0 Å². The van der Waals surface area contributed by atoms with Crippen molar-refractivity contribution in [1.82, 2.24) is 5.32 Å². The SMILES string of the molecule is C[C@@H](NC(=O)CC1(C(=O)O)CCCC1)c1ccccc1. The first-order chi connectivity index (χ1) is 9.53. The number of rotatable bonds is 5. The zero-order chi connectivity index (χ0) is 14.6. The Balaban J connectivity index is 1.97. The predicted molar refractivity (Wildman–Crippen MR) is 76.2 cm³/mol. The number of carboxylic acid groups (broad SMARTS) is 1. The van der Waals surface area contributed by atoms with Crippen LogP contribution in [-0.2, 0) is 9.59 Å². The van der Waals surface area contributed by atoms with Gasteiger partial charge in [0.05, 0.1) is 11.5 Å². The molecular weight excluding hydrogens is 254 g/mol. The lowest BCUT2D eigenvalue weighted by atomic mass is 9.82. The monoisotopic (exact) mass is 275 g/mol. The molecule has 4 heteroatoms. The van der Waals surface area contributed by atoms with Crippen molar-refractivity contribution >= 4 is 11.9 Å². The minimum Gasteiger partial charge on any atom is -0.481 e.